The minimum absolute atomic E-state index is 0.126. The van der Waals surface area contributed by atoms with E-state index in [4.69, 9.17) is 9.47 Å². The summed E-state index contributed by atoms with van der Waals surface area (Å²) in [5.41, 5.74) is 0.558. The van der Waals surface area contributed by atoms with E-state index in [0.29, 0.717) is 25.4 Å². The van der Waals surface area contributed by atoms with Gasteiger partial charge in [0.2, 0.25) is 0 Å². The average Bonchev–Trinajstić information content (AvgIpc) is 2.76. The number of cyclic esters (lactones) is 1. The molecule has 2 rings (SSSR count). The lowest BCUT2D eigenvalue weighted by atomic mass is 10.4. The van der Waals surface area contributed by atoms with E-state index in [9.17, 15) is 9.59 Å². The van der Waals surface area contributed by atoms with Gasteiger partial charge < -0.3 is 14.4 Å². The molecular weight excluding hydrogens is 238 g/mol. The smallest absolute Gasteiger partial charge is 0.411 e. The van der Waals surface area contributed by atoms with Crippen LogP contribution in [0, 0.1) is 0 Å². The van der Waals surface area contributed by atoms with Gasteiger partial charge in [-0.3, -0.25) is 10.3 Å². The molecule has 1 aromatic rings. The molecule has 0 saturated carbocycles. The summed E-state index contributed by atoms with van der Waals surface area (Å²) in [4.78, 5) is 27.8. The summed E-state index contributed by atoms with van der Waals surface area (Å²) >= 11 is 0. The number of amides is 2. The highest BCUT2D eigenvalue weighted by molar-refractivity contribution is 5.84. The molecular formula is C11H13N3O4. The third-order valence-electron chi connectivity index (χ3n) is 2.35. The van der Waals surface area contributed by atoms with Gasteiger partial charge in [-0.15, -0.1) is 0 Å². The number of hydrogen-bond donors (Lipinski definition) is 1. The Labute approximate surface area is 104 Å². The number of pyridine rings is 1. The average molecular weight is 251 g/mol. The number of rotatable bonds is 4. The molecule has 1 aliphatic rings. The summed E-state index contributed by atoms with van der Waals surface area (Å²) in [5, 5.41) is 2.52. The molecule has 1 aliphatic heterocycles. The van der Waals surface area contributed by atoms with Gasteiger partial charge in [0.25, 0.3) is 0 Å². The Hall–Kier alpha value is -2.31. The molecule has 0 unspecified atom stereocenters. The molecule has 0 atom stereocenters. The number of aromatic nitrogens is 1. The van der Waals surface area contributed by atoms with Crippen LogP contribution in [0.4, 0.5) is 15.3 Å². The highest BCUT2D eigenvalue weighted by atomic mass is 16.6. The highest BCUT2D eigenvalue weighted by Crippen LogP contribution is 2.04. The highest BCUT2D eigenvalue weighted by Gasteiger charge is 2.21. The van der Waals surface area contributed by atoms with Gasteiger partial charge >= 0.3 is 12.2 Å². The largest absolute Gasteiger partial charge is 0.448 e. The number of hydrogen-bond acceptors (Lipinski definition) is 5. The Morgan fingerprint density at radius 3 is 3.17 bits per heavy atom. The summed E-state index contributed by atoms with van der Waals surface area (Å²) in [7, 11) is 0. The van der Waals surface area contributed by atoms with Crippen molar-refractivity contribution in [1.82, 2.24) is 9.88 Å². The lowest BCUT2D eigenvalue weighted by molar-refractivity contribution is 0.135. The summed E-state index contributed by atoms with van der Waals surface area (Å²) in [6, 6.07) is 3.40. The van der Waals surface area contributed by atoms with Gasteiger partial charge in [0.15, 0.2) is 0 Å². The number of anilines is 1. The predicted octanol–water partition coefficient (Wildman–Crippen LogP) is 1.08. The van der Waals surface area contributed by atoms with Crippen molar-refractivity contribution in [3.8, 4) is 0 Å². The van der Waals surface area contributed by atoms with Crippen LogP contribution in [0.2, 0.25) is 0 Å². The normalized spacial score (nSPS) is 14.2. The van der Waals surface area contributed by atoms with Gasteiger partial charge in [-0.2, -0.15) is 0 Å². The van der Waals surface area contributed by atoms with Crippen molar-refractivity contribution in [2.45, 2.75) is 0 Å². The first-order chi connectivity index (χ1) is 8.75. The monoisotopic (exact) mass is 251 g/mol. The molecule has 7 nitrogen and oxygen atoms in total. The van der Waals surface area contributed by atoms with Crippen molar-refractivity contribution in [3.63, 3.8) is 0 Å². The predicted molar refractivity (Wildman–Crippen MR) is 62.1 cm³/mol. The van der Waals surface area contributed by atoms with Crippen LogP contribution in [0.1, 0.15) is 0 Å². The van der Waals surface area contributed by atoms with Gasteiger partial charge in [0.05, 0.1) is 25.0 Å². The van der Waals surface area contributed by atoms with Gasteiger partial charge in [0, 0.05) is 6.20 Å². The van der Waals surface area contributed by atoms with E-state index >= 15 is 0 Å². The summed E-state index contributed by atoms with van der Waals surface area (Å²) in [5.74, 6) is 0. The summed E-state index contributed by atoms with van der Waals surface area (Å²) in [6.45, 7) is 1.38. The van der Waals surface area contributed by atoms with Crippen molar-refractivity contribution in [3.05, 3.63) is 24.5 Å². The van der Waals surface area contributed by atoms with E-state index < -0.39 is 6.09 Å². The number of carbonyl (C=O) groups excluding carboxylic acids is 2. The zero-order valence-electron chi connectivity index (χ0n) is 9.67. The molecule has 0 spiro atoms. The Kier molecular flexibility index (Phi) is 3.95. The van der Waals surface area contributed by atoms with Crippen LogP contribution in [0.25, 0.3) is 0 Å². The van der Waals surface area contributed by atoms with Gasteiger partial charge in [-0.1, -0.05) is 0 Å². The number of ether oxygens (including phenoxy) is 2. The fourth-order valence-electron chi connectivity index (χ4n) is 1.47. The maximum absolute atomic E-state index is 11.4. The van der Waals surface area contributed by atoms with Crippen molar-refractivity contribution < 1.29 is 19.1 Å². The molecule has 0 bridgehead atoms. The van der Waals surface area contributed by atoms with Crippen LogP contribution in [0.3, 0.4) is 0 Å². The molecule has 1 aromatic heterocycles. The standard InChI is InChI=1S/C11H13N3O4/c15-10(13-9-2-1-3-12-8-9)17-6-4-14-5-7-18-11(14)16/h1-3,8H,4-7H2,(H,13,15). The summed E-state index contributed by atoms with van der Waals surface area (Å²) < 4.78 is 9.67. The van der Waals surface area contributed by atoms with Crippen LogP contribution >= 0.6 is 0 Å². The van der Waals surface area contributed by atoms with Crippen LogP contribution in [0.15, 0.2) is 24.5 Å². The molecule has 1 fully saturated rings. The fraction of sp³-hybridized carbons (Fsp3) is 0.364. The Balaban J connectivity index is 1.67. The van der Waals surface area contributed by atoms with Crippen LogP contribution in [-0.4, -0.2) is 48.4 Å². The Morgan fingerprint density at radius 1 is 1.61 bits per heavy atom. The Morgan fingerprint density at radius 2 is 2.50 bits per heavy atom. The first-order valence-electron chi connectivity index (χ1n) is 5.51. The molecule has 0 aliphatic carbocycles. The van der Waals surface area contributed by atoms with Crippen molar-refractivity contribution in [1.29, 1.82) is 0 Å². The second-order valence-electron chi connectivity index (χ2n) is 3.60. The van der Waals surface area contributed by atoms with Crippen molar-refractivity contribution in [2.24, 2.45) is 0 Å². The van der Waals surface area contributed by atoms with Crippen molar-refractivity contribution >= 4 is 17.9 Å². The van der Waals surface area contributed by atoms with E-state index in [-0.39, 0.29) is 12.7 Å². The molecule has 18 heavy (non-hydrogen) atoms. The van der Waals surface area contributed by atoms with E-state index in [1.807, 2.05) is 0 Å². The fourth-order valence-corrected chi connectivity index (χ4v) is 1.47. The van der Waals surface area contributed by atoms with E-state index in [1.165, 1.54) is 11.1 Å². The molecule has 2 amide bonds. The van der Waals surface area contributed by atoms with Crippen LogP contribution in [0.5, 0.6) is 0 Å². The molecule has 7 heteroatoms. The lowest BCUT2D eigenvalue weighted by Crippen LogP contribution is -2.29. The number of nitrogens with zero attached hydrogens (tertiary/aromatic N) is 2. The minimum Gasteiger partial charge on any atom is -0.448 e. The van der Waals surface area contributed by atoms with Gasteiger partial charge in [0.1, 0.15) is 13.2 Å². The lowest BCUT2D eigenvalue weighted by Gasteiger charge is -2.12. The minimum atomic E-state index is -0.574. The quantitative estimate of drug-likeness (QED) is 0.866. The van der Waals surface area contributed by atoms with Crippen molar-refractivity contribution in [2.75, 3.05) is 31.6 Å². The third-order valence-corrected chi connectivity index (χ3v) is 2.35. The molecule has 1 saturated heterocycles. The zero-order valence-corrected chi connectivity index (χ0v) is 9.67. The molecule has 1 N–H and O–H groups in total. The van der Waals surface area contributed by atoms with E-state index in [0.717, 1.165) is 0 Å². The molecule has 96 valence electrons. The van der Waals surface area contributed by atoms with Gasteiger partial charge in [-0.25, -0.2) is 9.59 Å². The third kappa shape index (κ3) is 3.34. The first-order valence-corrected chi connectivity index (χ1v) is 5.51. The van der Waals surface area contributed by atoms with Gasteiger partial charge in [-0.05, 0) is 12.1 Å². The van der Waals surface area contributed by atoms with Crippen LogP contribution in [-0.2, 0) is 9.47 Å². The van der Waals surface area contributed by atoms with E-state index in [2.05, 4.69) is 10.3 Å². The first kappa shape index (κ1) is 12.2. The van der Waals surface area contributed by atoms with Crippen LogP contribution < -0.4 is 5.32 Å². The maximum Gasteiger partial charge on any atom is 0.411 e. The maximum atomic E-state index is 11.4. The Bertz CT molecular complexity index is 424. The SMILES string of the molecule is O=C(Nc1cccnc1)OCCN1CCOC1=O. The number of carbonyl (C=O) groups is 2. The summed E-state index contributed by atoms with van der Waals surface area (Å²) in [6.07, 6.45) is 2.18. The number of nitrogens with one attached hydrogen (secondary N) is 1. The molecule has 0 radical (unpaired) electrons. The van der Waals surface area contributed by atoms with E-state index in [1.54, 1.807) is 18.3 Å². The second-order valence-corrected chi connectivity index (χ2v) is 3.60. The second kappa shape index (κ2) is 5.85. The topological polar surface area (TPSA) is 80.8 Å². The zero-order chi connectivity index (χ0) is 12.8. The molecule has 0 aromatic carbocycles. The molecule has 2 heterocycles.